The molecule has 0 bridgehead atoms. The Morgan fingerprint density at radius 1 is 1.50 bits per heavy atom. The second-order valence-corrected chi connectivity index (χ2v) is 6.20. The van der Waals surface area contributed by atoms with Crippen LogP contribution in [0.2, 0.25) is 0 Å². The predicted molar refractivity (Wildman–Crippen MR) is 71.2 cm³/mol. The highest BCUT2D eigenvalue weighted by Gasteiger charge is 2.33. The molecule has 1 aromatic rings. The van der Waals surface area contributed by atoms with Gasteiger partial charge in [0.2, 0.25) is 0 Å². The largest absolute Gasteiger partial charge is 0.508 e. The fourth-order valence-corrected chi connectivity index (χ4v) is 2.58. The number of esters is 1. The van der Waals surface area contributed by atoms with E-state index in [0.29, 0.717) is 6.54 Å². The minimum atomic E-state index is -0.518. The summed E-state index contributed by atoms with van der Waals surface area (Å²) in [5, 5.41) is 12.7. The van der Waals surface area contributed by atoms with Crippen LogP contribution in [0, 0.1) is 0 Å². The molecule has 98 valence electrons. The van der Waals surface area contributed by atoms with E-state index in [4.69, 9.17) is 4.74 Å². The summed E-state index contributed by atoms with van der Waals surface area (Å²) < 4.78 is 6.16. The predicted octanol–water partition coefficient (Wildman–Crippen LogP) is 2.64. The van der Waals surface area contributed by atoms with Crippen LogP contribution in [0.3, 0.4) is 0 Å². The Labute approximate surface area is 114 Å². The molecular weight excluding hydrogens is 298 g/mol. The van der Waals surface area contributed by atoms with Crippen LogP contribution in [0.5, 0.6) is 5.75 Å². The molecule has 5 heteroatoms. The zero-order valence-electron chi connectivity index (χ0n) is 10.6. The summed E-state index contributed by atoms with van der Waals surface area (Å²) in [5.74, 6) is -0.184. The highest BCUT2D eigenvalue weighted by Crippen LogP contribution is 2.35. The van der Waals surface area contributed by atoms with Gasteiger partial charge in [-0.2, -0.15) is 0 Å². The Balaban J connectivity index is 2.29. The maximum Gasteiger partial charge on any atom is 0.328 e. The van der Waals surface area contributed by atoms with Crippen molar-refractivity contribution in [1.82, 2.24) is 5.32 Å². The normalized spacial score (nSPS) is 18.6. The van der Waals surface area contributed by atoms with Gasteiger partial charge in [-0.05, 0) is 44.0 Å². The average molecular weight is 314 g/mol. The molecule has 1 aliphatic heterocycles. The van der Waals surface area contributed by atoms with Crippen molar-refractivity contribution in [3.8, 4) is 5.75 Å². The maximum atomic E-state index is 12.1. The van der Waals surface area contributed by atoms with Crippen LogP contribution in [-0.2, 0) is 16.1 Å². The number of fused-ring (bicyclic) bond motifs is 1. The molecule has 1 unspecified atom stereocenters. The Hall–Kier alpha value is -1.07. The van der Waals surface area contributed by atoms with Gasteiger partial charge in [0.05, 0.1) is 0 Å². The molecule has 1 aliphatic rings. The molecule has 18 heavy (non-hydrogen) atoms. The first-order valence-corrected chi connectivity index (χ1v) is 6.55. The van der Waals surface area contributed by atoms with E-state index in [1.165, 1.54) is 0 Å². The van der Waals surface area contributed by atoms with Crippen molar-refractivity contribution < 1.29 is 14.6 Å². The molecule has 0 fully saturated rings. The lowest BCUT2D eigenvalue weighted by Gasteiger charge is -2.22. The first kappa shape index (κ1) is 13.4. The third-order valence-corrected chi connectivity index (χ3v) is 3.36. The molecule has 0 saturated heterocycles. The number of phenolic OH excluding ortho intramolecular Hbond substituents is 1. The molecule has 2 N–H and O–H groups in total. The highest BCUT2D eigenvalue weighted by atomic mass is 79.9. The molecule has 4 nitrogen and oxygen atoms in total. The second kappa shape index (κ2) is 4.55. The van der Waals surface area contributed by atoms with Gasteiger partial charge in [0.15, 0.2) is 0 Å². The quantitative estimate of drug-likeness (QED) is 0.783. The minimum Gasteiger partial charge on any atom is -0.508 e. The molecule has 0 amide bonds. The lowest BCUT2D eigenvalue weighted by molar-refractivity contribution is -0.157. The van der Waals surface area contributed by atoms with Crippen molar-refractivity contribution >= 4 is 21.9 Å². The molecule has 1 atom stereocenters. The first-order valence-electron chi connectivity index (χ1n) is 5.75. The van der Waals surface area contributed by atoms with E-state index >= 15 is 0 Å². The van der Waals surface area contributed by atoms with Gasteiger partial charge in [-0.25, -0.2) is 4.79 Å². The van der Waals surface area contributed by atoms with E-state index in [-0.39, 0.29) is 11.7 Å². The zero-order valence-corrected chi connectivity index (χ0v) is 12.2. The number of carbonyl (C=O) groups is 1. The number of benzene rings is 1. The van der Waals surface area contributed by atoms with E-state index in [1.54, 1.807) is 12.1 Å². The van der Waals surface area contributed by atoms with Crippen LogP contribution in [0.1, 0.15) is 37.9 Å². The van der Waals surface area contributed by atoms with E-state index < -0.39 is 11.6 Å². The highest BCUT2D eigenvalue weighted by molar-refractivity contribution is 9.10. The van der Waals surface area contributed by atoms with Crippen molar-refractivity contribution in [2.75, 3.05) is 0 Å². The lowest BCUT2D eigenvalue weighted by atomic mass is 10.0. The van der Waals surface area contributed by atoms with Crippen LogP contribution >= 0.6 is 15.9 Å². The number of hydrogen-bond donors (Lipinski definition) is 2. The SMILES string of the molecule is CC(C)(C)OC(=O)C1NCc2c(Br)cc(O)cc21. The van der Waals surface area contributed by atoms with E-state index in [0.717, 1.165) is 15.6 Å². The Morgan fingerprint density at radius 2 is 2.17 bits per heavy atom. The maximum absolute atomic E-state index is 12.1. The Kier molecular flexibility index (Phi) is 3.38. The summed E-state index contributed by atoms with van der Waals surface area (Å²) in [6.07, 6.45) is 0. The number of aromatic hydroxyl groups is 1. The summed E-state index contributed by atoms with van der Waals surface area (Å²) in [6.45, 7) is 6.08. The second-order valence-electron chi connectivity index (χ2n) is 5.34. The topological polar surface area (TPSA) is 58.6 Å². The average Bonchev–Trinajstić information content (AvgIpc) is 2.58. The number of nitrogens with one attached hydrogen (secondary N) is 1. The van der Waals surface area contributed by atoms with E-state index in [9.17, 15) is 9.90 Å². The third-order valence-electron chi connectivity index (χ3n) is 2.65. The van der Waals surface area contributed by atoms with Crippen molar-refractivity contribution in [2.45, 2.75) is 39.0 Å². The van der Waals surface area contributed by atoms with Gasteiger partial charge in [-0.3, -0.25) is 5.32 Å². The van der Waals surface area contributed by atoms with E-state index in [2.05, 4.69) is 21.2 Å². The van der Waals surface area contributed by atoms with Gasteiger partial charge in [0, 0.05) is 11.0 Å². The Bertz CT molecular complexity index is 494. The summed E-state index contributed by atoms with van der Waals surface area (Å²) in [5.41, 5.74) is 1.25. The molecule has 0 radical (unpaired) electrons. The molecule has 0 spiro atoms. The van der Waals surface area contributed by atoms with Crippen LogP contribution in [-0.4, -0.2) is 16.7 Å². The van der Waals surface area contributed by atoms with Crippen LogP contribution in [0.4, 0.5) is 0 Å². The van der Waals surface area contributed by atoms with Gasteiger partial charge in [0.1, 0.15) is 17.4 Å². The van der Waals surface area contributed by atoms with Crippen molar-refractivity contribution in [1.29, 1.82) is 0 Å². The van der Waals surface area contributed by atoms with E-state index in [1.807, 2.05) is 20.8 Å². The van der Waals surface area contributed by atoms with Gasteiger partial charge >= 0.3 is 5.97 Å². The smallest absolute Gasteiger partial charge is 0.328 e. The molecular formula is C13H16BrNO3. The van der Waals surface area contributed by atoms with Gasteiger partial charge in [-0.1, -0.05) is 15.9 Å². The molecule has 1 aromatic carbocycles. The van der Waals surface area contributed by atoms with Crippen LogP contribution in [0.15, 0.2) is 16.6 Å². The van der Waals surface area contributed by atoms with Crippen LogP contribution < -0.4 is 5.32 Å². The number of carbonyl (C=O) groups excluding carboxylic acids is 1. The third kappa shape index (κ3) is 2.67. The molecule has 0 saturated carbocycles. The van der Waals surface area contributed by atoms with Gasteiger partial charge in [-0.15, -0.1) is 0 Å². The number of halogens is 1. The van der Waals surface area contributed by atoms with Gasteiger partial charge < -0.3 is 9.84 Å². The Morgan fingerprint density at radius 3 is 2.78 bits per heavy atom. The standard InChI is InChI=1S/C13H16BrNO3/c1-13(2,3)18-12(17)11-8-4-7(16)5-10(14)9(8)6-15-11/h4-5,11,15-16H,6H2,1-3H3. The molecule has 2 rings (SSSR count). The van der Waals surface area contributed by atoms with Crippen molar-refractivity contribution in [3.63, 3.8) is 0 Å². The summed E-state index contributed by atoms with van der Waals surface area (Å²) in [4.78, 5) is 12.1. The number of ether oxygens (including phenoxy) is 1. The monoisotopic (exact) mass is 313 g/mol. The minimum absolute atomic E-state index is 0.137. The molecule has 1 heterocycles. The van der Waals surface area contributed by atoms with Crippen molar-refractivity contribution in [2.24, 2.45) is 0 Å². The van der Waals surface area contributed by atoms with Crippen LogP contribution in [0.25, 0.3) is 0 Å². The zero-order chi connectivity index (χ0) is 13.5. The lowest BCUT2D eigenvalue weighted by Crippen LogP contribution is -2.31. The first-order chi connectivity index (χ1) is 8.28. The molecule has 0 aromatic heterocycles. The number of hydrogen-bond acceptors (Lipinski definition) is 4. The fraction of sp³-hybridized carbons (Fsp3) is 0.462. The van der Waals surface area contributed by atoms with Crippen molar-refractivity contribution in [3.05, 3.63) is 27.7 Å². The molecule has 0 aliphatic carbocycles. The summed E-state index contributed by atoms with van der Waals surface area (Å²) in [7, 11) is 0. The van der Waals surface area contributed by atoms with Gasteiger partial charge in [0.25, 0.3) is 0 Å². The number of phenols is 1. The summed E-state index contributed by atoms with van der Waals surface area (Å²) in [6, 6.07) is 2.72. The number of rotatable bonds is 1. The fourth-order valence-electron chi connectivity index (χ4n) is 1.97. The summed E-state index contributed by atoms with van der Waals surface area (Å²) >= 11 is 3.38.